The Morgan fingerprint density at radius 1 is 1.60 bits per heavy atom. The fourth-order valence-electron chi connectivity index (χ4n) is 2.14. The number of rotatable bonds is 6. The van der Waals surface area contributed by atoms with Gasteiger partial charge < -0.3 is 15.0 Å². The summed E-state index contributed by atoms with van der Waals surface area (Å²) in [5.74, 6) is 0.837. The third-order valence-electron chi connectivity index (χ3n) is 3.11. The molecule has 0 spiro atoms. The lowest BCUT2D eigenvalue weighted by Gasteiger charge is -2.13. The van der Waals surface area contributed by atoms with Gasteiger partial charge in [-0.1, -0.05) is 0 Å². The number of aliphatic hydroxyl groups is 1. The lowest BCUT2D eigenvalue weighted by atomic mass is 10.1. The highest BCUT2D eigenvalue weighted by atomic mass is 16.3. The highest BCUT2D eigenvalue weighted by molar-refractivity contribution is 5.18. The summed E-state index contributed by atoms with van der Waals surface area (Å²) in [6.07, 6.45) is 7.86. The molecule has 1 saturated carbocycles. The lowest BCUT2D eigenvalue weighted by molar-refractivity contribution is 0.280. The molecular weight excluding hydrogens is 188 g/mol. The molecule has 1 aliphatic carbocycles. The standard InChI is InChI=1S/C12H20N2O/c1-13-12(10-3-4-10)11-5-7-14(9-11)6-2-8-15/h5,7,9-10,12-13,15H,2-4,6,8H2,1H3. The Balaban J connectivity index is 1.98. The van der Waals surface area contributed by atoms with Gasteiger partial charge in [-0.25, -0.2) is 0 Å². The van der Waals surface area contributed by atoms with E-state index in [1.165, 1.54) is 18.4 Å². The Bertz CT molecular complexity index is 304. The number of aliphatic hydroxyl groups excluding tert-OH is 1. The number of nitrogens with zero attached hydrogens (tertiary/aromatic N) is 1. The topological polar surface area (TPSA) is 37.2 Å². The van der Waals surface area contributed by atoms with Crippen molar-refractivity contribution in [3.8, 4) is 0 Å². The number of hydrogen-bond acceptors (Lipinski definition) is 2. The molecule has 15 heavy (non-hydrogen) atoms. The summed E-state index contributed by atoms with van der Waals surface area (Å²) in [5.41, 5.74) is 1.39. The van der Waals surface area contributed by atoms with Crippen molar-refractivity contribution in [1.29, 1.82) is 0 Å². The molecule has 0 saturated heterocycles. The van der Waals surface area contributed by atoms with Crippen molar-refractivity contribution in [2.45, 2.75) is 31.8 Å². The van der Waals surface area contributed by atoms with Crippen molar-refractivity contribution >= 4 is 0 Å². The van der Waals surface area contributed by atoms with Crippen molar-refractivity contribution in [2.24, 2.45) is 5.92 Å². The van der Waals surface area contributed by atoms with Gasteiger partial charge in [0.1, 0.15) is 0 Å². The molecule has 1 aliphatic rings. The minimum absolute atomic E-state index is 0.269. The minimum Gasteiger partial charge on any atom is -0.396 e. The fourth-order valence-corrected chi connectivity index (χ4v) is 2.14. The molecule has 0 radical (unpaired) electrons. The van der Waals surface area contributed by atoms with E-state index in [0.29, 0.717) is 6.04 Å². The van der Waals surface area contributed by atoms with Crippen molar-refractivity contribution in [2.75, 3.05) is 13.7 Å². The molecule has 0 bridgehead atoms. The Morgan fingerprint density at radius 2 is 2.40 bits per heavy atom. The molecule has 0 amide bonds. The maximum absolute atomic E-state index is 8.76. The molecule has 0 aliphatic heterocycles. The third kappa shape index (κ3) is 2.61. The van der Waals surface area contributed by atoms with Crippen molar-refractivity contribution in [3.05, 3.63) is 24.0 Å². The lowest BCUT2D eigenvalue weighted by Crippen LogP contribution is -2.17. The normalized spacial score (nSPS) is 18.0. The van der Waals surface area contributed by atoms with E-state index in [0.717, 1.165) is 18.9 Å². The van der Waals surface area contributed by atoms with Crippen LogP contribution in [0, 0.1) is 5.92 Å². The van der Waals surface area contributed by atoms with Crippen LogP contribution in [-0.4, -0.2) is 23.3 Å². The van der Waals surface area contributed by atoms with Gasteiger partial charge in [0.2, 0.25) is 0 Å². The minimum atomic E-state index is 0.269. The summed E-state index contributed by atoms with van der Waals surface area (Å²) in [5, 5.41) is 12.1. The Hall–Kier alpha value is -0.800. The van der Waals surface area contributed by atoms with E-state index in [2.05, 4.69) is 28.3 Å². The summed E-state index contributed by atoms with van der Waals surface area (Å²) < 4.78 is 2.16. The molecule has 3 heteroatoms. The third-order valence-corrected chi connectivity index (χ3v) is 3.11. The molecular formula is C12H20N2O. The first-order valence-corrected chi connectivity index (χ1v) is 5.79. The second-order valence-corrected chi connectivity index (χ2v) is 4.36. The van der Waals surface area contributed by atoms with Crippen LogP contribution in [0.5, 0.6) is 0 Å². The van der Waals surface area contributed by atoms with E-state index in [1.807, 2.05) is 7.05 Å². The Morgan fingerprint density at radius 3 is 3.00 bits per heavy atom. The predicted molar refractivity (Wildman–Crippen MR) is 60.7 cm³/mol. The summed E-state index contributed by atoms with van der Waals surface area (Å²) in [4.78, 5) is 0. The fraction of sp³-hybridized carbons (Fsp3) is 0.667. The zero-order valence-electron chi connectivity index (χ0n) is 9.32. The van der Waals surface area contributed by atoms with Crippen LogP contribution in [0.1, 0.15) is 30.9 Å². The zero-order chi connectivity index (χ0) is 10.7. The molecule has 1 aromatic rings. The molecule has 2 rings (SSSR count). The quantitative estimate of drug-likeness (QED) is 0.744. The monoisotopic (exact) mass is 208 g/mol. The van der Waals surface area contributed by atoms with Crippen LogP contribution >= 0.6 is 0 Å². The number of hydrogen-bond donors (Lipinski definition) is 2. The second-order valence-electron chi connectivity index (χ2n) is 4.36. The van der Waals surface area contributed by atoms with Gasteiger partial charge in [0.25, 0.3) is 0 Å². The average Bonchev–Trinajstić information content (AvgIpc) is 2.96. The average molecular weight is 208 g/mol. The van der Waals surface area contributed by atoms with Crippen molar-refractivity contribution < 1.29 is 5.11 Å². The largest absolute Gasteiger partial charge is 0.396 e. The van der Waals surface area contributed by atoms with Gasteiger partial charge in [0.05, 0.1) is 0 Å². The second kappa shape index (κ2) is 4.81. The summed E-state index contributed by atoms with van der Waals surface area (Å²) in [7, 11) is 2.04. The van der Waals surface area contributed by atoms with Crippen LogP contribution in [0.25, 0.3) is 0 Å². The van der Waals surface area contributed by atoms with Crippen LogP contribution in [0.4, 0.5) is 0 Å². The van der Waals surface area contributed by atoms with Gasteiger partial charge in [-0.05, 0) is 43.9 Å². The zero-order valence-corrected chi connectivity index (χ0v) is 9.32. The first-order valence-electron chi connectivity index (χ1n) is 5.79. The molecule has 1 atom stereocenters. The number of aromatic nitrogens is 1. The molecule has 2 N–H and O–H groups in total. The van der Waals surface area contributed by atoms with Gasteiger partial charge in [0.15, 0.2) is 0 Å². The van der Waals surface area contributed by atoms with E-state index in [4.69, 9.17) is 5.11 Å². The predicted octanol–water partition coefficient (Wildman–Crippen LogP) is 1.54. The van der Waals surface area contributed by atoms with Gasteiger partial charge in [-0.15, -0.1) is 0 Å². The molecule has 3 nitrogen and oxygen atoms in total. The van der Waals surface area contributed by atoms with Crippen molar-refractivity contribution in [1.82, 2.24) is 9.88 Å². The van der Waals surface area contributed by atoms with Crippen LogP contribution in [0.2, 0.25) is 0 Å². The number of aryl methyl sites for hydroxylation is 1. The van der Waals surface area contributed by atoms with Crippen LogP contribution in [0.3, 0.4) is 0 Å². The smallest absolute Gasteiger partial charge is 0.0448 e. The number of nitrogens with one attached hydrogen (secondary N) is 1. The van der Waals surface area contributed by atoms with Gasteiger partial charge in [-0.3, -0.25) is 0 Å². The van der Waals surface area contributed by atoms with E-state index in [9.17, 15) is 0 Å². The molecule has 0 aromatic carbocycles. The highest BCUT2D eigenvalue weighted by Gasteiger charge is 2.31. The highest BCUT2D eigenvalue weighted by Crippen LogP contribution is 2.40. The first kappa shape index (κ1) is 10.7. The molecule has 1 heterocycles. The Labute approximate surface area is 91.1 Å². The molecule has 1 aromatic heterocycles. The SMILES string of the molecule is CNC(c1ccn(CCCO)c1)C1CC1. The van der Waals surface area contributed by atoms with Crippen LogP contribution in [-0.2, 0) is 6.54 Å². The van der Waals surface area contributed by atoms with Gasteiger partial charge in [-0.2, -0.15) is 0 Å². The summed E-state index contributed by atoms with van der Waals surface area (Å²) in [6.45, 7) is 1.18. The van der Waals surface area contributed by atoms with E-state index < -0.39 is 0 Å². The van der Waals surface area contributed by atoms with E-state index >= 15 is 0 Å². The summed E-state index contributed by atoms with van der Waals surface area (Å²) >= 11 is 0. The van der Waals surface area contributed by atoms with Crippen molar-refractivity contribution in [3.63, 3.8) is 0 Å². The molecule has 1 fully saturated rings. The maximum atomic E-state index is 8.76. The first-order chi connectivity index (χ1) is 7.35. The molecule has 84 valence electrons. The summed E-state index contributed by atoms with van der Waals surface area (Å²) in [6, 6.07) is 2.72. The van der Waals surface area contributed by atoms with E-state index in [1.54, 1.807) is 0 Å². The van der Waals surface area contributed by atoms with Crippen LogP contribution < -0.4 is 5.32 Å². The molecule has 1 unspecified atom stereocenters. The van der Waals surface area contributed by atoms with Crippen LogP contribution in [0.15, 0.2) is 18.5 Å². The maximum Gasteiger partial charge on any atom is 0.0448 e. The van der Waals surface area contributed by atoms with Gasteiger partial charge >= 0.3 is 0 Å². The van der Waals surface area contributed by atoms with Gasteiger partial charge in [0, 0.05) is 31.6 Å². The Kier molecular flexibility index (Phi) is 3.44. The van der Waals surface area contributed by atoms with E-state index in [-0.39, 0.29) is 6.61 Å².